The van der Waals surface area contributed by atoms with Crippen LogP contribution < -0.4 is 0 Å². The highest BCUT2D eigenvalue weighted by atomic mass is 32.2. The standard InChI is InChI=1S/C14H13NS.C2H6/c1-10(2)11-7-8-14(16-9-15)13-6-4-3-5-12(11)13;1-2/h3-8,10H,1-2H3;1-2H3. The van der Waals surface area contributed by atoms with Crippen LogP contribution in [-0.4, -0.2) is 0 Å². The van der Waals surface area contributed by atoms with Gasteiger partial charge in [0.1, 0.15) is 5.40 Å². The molecule has 0 aliphatic rings. The van der Waals surface area contributed by atoms with Crippen LogP contribution in [0.1, 0.15) is 39.2 Å². The molecule has 2 rings (SSSR count). The average Bonchev–Trinajstić information content (AvgIpc) is 2.41. The number of thioether (sulfide) groups is 1. The molecule has 0 saturated heterocycles. The average molecular weight is 257 g/mol. The van der Waals surface area contributed by atoms with Gasteiger partial charge in [-0.3, -0.25) is 0 Å². The fourth-order valence-electron chi connectivity index (χ4n) is 1.94. The van der Waals surface area contributed by atoms with E-state index in [1.165, 1.54) is 28.1 Å². The van der Waals surface area contributed by atoms with E-state index in [2.05, 4.69) is 43.5 Å². The van der Waals surface area contributed by atoms with Crippen molar-refractivity contribution in [1.29, 1.82) is 5.26 Å². The summed E-state index contributed by atoms with van der Waals surface area (Å²) in [5, 5.41) is 13.4. The maximum atomic E-state index is 8.77. The van der Waals surface area contributed by atoms with Crippen LogP contribution in [0.15, 0.2) is 41.3 Å². The molecule has 0 bridgehead atoms. The van der Waals surface area contributed by atoms with Gasteiger partial charge in [-0.15, -0.1) is 0 Å². The summed E-state index contributed by atoms with van der Waals surface area (Å²) in [7, 11) is 0. The second kappa shape index (κ2) is 7.08. The van der Waals surface area contributed by atoms with E-state index in [4.69, 9.17) is 5.26 Å². The molecule has 0 unspecified atom stereocenters. The van der Waals surface area contributed by atoms with Crippen molar-refractivity contribution in [3.63, 3.8) is 0 Å². The number of rotatable bonds is 2. The Morgan fingerprint density at radius 1 is 1.00 bits per heavy atom. The van der Waals surface area contributed by atoms with Crippen LogP contribution in [0.2, 0.25) is 0 Å². The summed E-state index contributed by atoms with van der Waals surface area (Å²) in [6, 6.07) is 12.5. The Hall–Kier alpha value is -1.46. The molecular formula is C16H19NS. The number of hydrogen-bond donors (Lipinski definition) is 0. The Labute approximate surface area is 114 Å². The molecule has 2 aromatic carbocycles. The first kappa shape index (κ1) is 14.6. The molecule has 0 fully saturated rings. The molecule has 0 aromatic heterocycles. The highest BCUT2D eigenvalue weighted by molar-refractivity contribution is 8.04. The summed E-state index contributed by atoms with van der Waals surface area (Å²) < 4.78 is 0. The van der Waals surface area contributed by atoms with Crippen LogP contribution >= 0.6 is 11.8 Å². The quantitative estimate of drug-likeness (QED) is 0.519. The van der Waals surface area contributed by atoms with Gasteiger partial charge in [0.15, 0.2) is 0 Å². The number of hydrogen-bond acceptors (Lipinski definition) is 2. The molecule has 0 atom stereocenters. The first-order valence-corrected chi connectivity index (χ1v) is 7.13. The van der Waals surface area contributed by atoms with Crippen LogP contribution in [0.4, 0.5) is 0 Å². The molecule has 0 amide bonds. The van der Waals surface area contributed by atoms with Crippen LogP contribution in [0.3, 0.4) is 0 Å². The Morgan fingerprint density at radius 3 is 2.17 bits per heavy atom. The lowest BCUT2D eigenvalue weighted by molar-refractivity contribution is 0.875. The second-order valence-electron chi connectivity index (χ2n) is 4.05. The molecule has 0 saturated carbocycles. The van der Waals surface area contributed by atoms with Crippen LogP contribution in [0.25, 0.3) is 10.8 Å². The third-order valence-corrected chi connectivity index (χ3v) is 3.36. The van der Waals surface area contributed by atoms with Gasteiger partial charge in [-0.25, -0.2) is 0 Å². The van der Waals surface area contributed by atoms with Crippen molar-refractivity contribution in [2.24, 2.45) is 0 Å². The topological polar surface area (TPSA) is 23.8 Å². The molecule has 0 radical (unpaired) electrons. The van der Waals surface area contributed by atoms with Gasteiger partial charge < -0.3 is 0 Å². The van der Waals surface area contributed by atoms with E-state index in [1.54, 1.807) is 0 Å². The molecule has 2 heteroatoms. The van der Waals surface area contributed by atoms with Crippen molar-refractivity contribution in [3.05, 3.63) is 42.0 Å². The number of nitriles is 1. The van der Waals surface area contributed by atoms with Gasteiger partial charge in [-0.05, 0) is 40.1 Å². The lowest BCUT2D eigenvalue weighted by atomic mass is 9.96. The molecule has 0 spiro atoms. The fourth-order valence-corrected chi connectivity index (χ4v) is 2.46. The summed E-state index contributed by atoms with van der Waals surface area (Å²) in [6.45, 7) is 8.39. The summed E-state index contributed by atoms with van der Waals surface area (Å²) in [6.07, 6.45) is 0. The predicted molar refractivity (Wildman–Crippen MR) is 80.9 cm³/mol. The lowest BCUT2D eigenvalue weighted by Crippen LogP contribution is -1.90. The van der Waals surface area contributed by atoms with Gasteiger partial charge in [-0.2, -0.15) is 5.26 Å². The minimum Gasteiger partial charge on any atom is -0.185 e. The van der Waals surface area contributed by atoms with Gasteiger partial charge in [0.05, 0.1) is 0 Å². The largest absolute Gasteiger partial charge is 0.185 e. The van der Waals surface area contributed by atoms with Gasteiger partial charge >= 0.3 is 0 Å². The zero-order valence-corrected chi connectivity index (χ0v) is 12.2. The molecule has 0 aliphatic carbocycles. The molecule has 0 N–H and O–H groups in total. The SMILES string of the molecule is CC.CC(C)c1ccc(SC#N)c2ccccc12. The number of benzene rings is 2. The molecule has 1 nitrogen and oxygen atoms in total. The number of thiocyanates is 1. The minimum atomic E-state index is 0.506. The number of nitrogens with zero attached hydrogens (tertiary/aromatic N) is 1. The molecule has 2 aromatic rings. The van der Waals surface area contributed by atoms with Gasteiger partial charge in [0, 0.05) is 4.90 Å². The van der Waals surface area contributed by atoms with Crippen LogP contribution in [0.5, 0.6) is 0 Å². The monoisotopic (exact) mass is 257 g/mol. The maximum Gasteiger partial charge on any atom is 0.138 e. The van der Waals surface area contributed by atoms with Crippen LogP contribution in [-0.2, 0) is 0 Å². The van der Waals surface area contributed by atoms with Gasteiger partial charge in [0.2, 0.25) is 0 Å². The van der Waals surface area contributed by atoms with E-state index in [-0.39, 0.29) is 0 Å². The molecule has 94 valence electrons. The minimum absolute atomic E-state index is 0.506. The third-order valence-electron chi connectivity index (χ3n) is 2.70. The van der Waals surface area contributed by atoms with E-state index in [0.29, 0.717) is 5.92 Å². The predicted octanol–water partition coefficient (Wildman–Crippen LogP) is 5.56. The number of fused-ring (bicyclic) bond motifs is 1. The highest BCUT2D eigenvalue weighted by Crippen LogP contribution is 2.32. The summed E-state index contributed by atoms with van der Waals surface area (Å²) >= 11 is 1.23. The molecule has 0 aliphatic heterocycles. The van der Waals surface area contributed by atoms with Crippen molar-refractivity contribution < 1.29 is 0 Å². The van der Waals surface area contributed by atoms with Crippen molar-refractivity contribution >= 4 is 22.5 Å². The lowest BCUT2D eigenvalue weighted by Gasteiger charge is -2.11. The fraction of sp³-hybridized carbons (Fsp3) is 0.312. The molecule has 18 heavy (non-hydrogen) atoms. The van der Waals surface area contributed by atoms with Crippen molar-refractivity contribution in [1.82, 2.24) is 0 Å². The van der Waals surface area contributed by atoms with E-state index in [9.17, 15) is 0 Å². The third kappa shape index (κ3) is 3.05. The maximum absolute atomic E-state index is 8.77. The zero-order chi connectivity index (χ0) is 13.5. The first-order valence-electron chi connectivity index (χ1n) is 6.31. The van der Waals surface area contributed by atoms with Crippen molar-refractivity contribution in [2.75, 3.05) is 0 Å². The normalized spacial score (nSPS) is 9.78. The summed E-state index contributed by atoms with van der Waals surface area (Å²) in [5.74, 6) is 0.506. The van der Waals surface area contributed by atoms with E-state index in [0.717, 1.165) is 4.90 Å². The highest BCUT2D eigenvalue weighted by Gasteiger charge is 2.08. The Bertz CT molecular complexity index is 553. The molecule has 0 heterocycles. The zero-order valence-electron chi connectivity index (χ0n) is 11.4. The Morgan fingerprint density at radius 2 is 1.61 bits per heavy atom. The smallest absolute Gasteiger partial charge is 0.138 e. The molecular weight excluding hydrogens is 238 g/mol. The van der Waals surface area contributed by atoms with E-state index < -0.39 is 0 Å². The second-order valence-corrected chi connectivity index (χ2v) is 4.87. The Kier molecular flexibility index (Phi) is 5.74. The summed E-state index contributed by atoms with van der Waals surface area (Å²) in [4.78, 5) is 1.04. The summed E-state index contributed by atoms with van der Waals surface area (Å²) in [5.41, 5.74) is 1.35. The van der Waals surface area contributed by atoms with Crippen LogP contribution in [0, 0.1) is 10.7 Å². The van der Waals surface area contributed by atoms with Crippen molar-refractivity contribution in [3.8, 4) is 5.40 Å². The first-order chi connectivity index (χ1) is 8.74. The van der Waals surface area contributed by atoms with Gasteiger partial charge in [0.25, 0.3) is 0 Å². The van der Waals surface area contributed by atoms with E-state index in [1.807, 2.05) is 26.0 Å². The van der Waals surface area contributed by atoms with E-state index >= 15 is 0 Å². The van der Waals surface area contributed by atoms with Crippen molar-refractivity contribution in [2.45, 2.75) is 38.5 Å². The van der Waals surface area contributed by atoms with Gasteiger partial charge in [-0.1, -0.05) is 58.0 Å². The Balaban J connectivity index is 0.000000771.